The number of amides is 1. The Labute approximate surface area is 209 Å². The topological polar surface area (TPSA) is 59.6 Å². The molecule has 2 unspecified atom stereocenters. The van der Waals surface area contributed by atoms with E-state index in [2.05, 4.69) is 55.7 Å². The number of carbonyl (C=O) groups excluding carboxylic acids is 1. The quantitative estimate of drug-likeness (QED) is 0.368. The van der Waals surface area contributed by atoms with Crippen LogP contribution in [-0.2, 0) is 0 Å². The van der Waals surface area contributed by atoms with Crippen molar-refractivity contribution in [2.24, 2.45) is 5.92 Å². The molecule has 0 aliphatic carbocycles. The molecule has 2 atom stereocenters. The molecule has 2 N–H and O–H groups in total. The molecule has 5 nitrogen and oxygen atoms in total. The van der Waals surface area contributed by atoms with Crippen LogP contribution < -0.4 is 20.1 Å². The molecule has 35 heavy (non-hydrogen) atoms. The minimum Gasteiger partial charge on any atom is -0.490 e. The van der Waals surface area contributed by atoms with Crippen LogP contribution in [0.2, 0.25) is 0 Å². The maximum Gasteiger partial charge on any atom is 0.252 e. The van der Waals surface area contributed by atoms with Crippen LogP contribution in [-0.4, -0.2) is 31.2 Å². The molecule has 1 heterocycles. The van der Waals surface area contributed by atoms with Gasteiger partial charge in [0.25, 0.3) is 5.91 Å². The van der Waals surface area contributed by atoms with Crippen molar-refractivity contribution in [1.82, 2.24) is 10.6 Å². The van der Waals surface area contributed by atoms with Crippen LogP contribution in [0.5, 0.6) is 11.5 Å². The summed E-state index contributed by atoms with van der Waals surface area (Å²) in [6.45, 7) is 12.3. The Bertz CT molecular complexity index is 1170. The van der Waals surface area contributed by atoms with Crippen LogP contribution in [0.15, 0.2) is 54.6 Å². The Balaban J connectivity index is 1.61. The first-order valence-electron chi connectivity index (χ1n) is 12.8. The molecule has 1 amide bonds. The Morgan fingerprint density at radius 2 is 1.86 bits per heavy atom. The minimum atomic E-state index is -0.236. The van der Waals surface area contributed by atoms with Gasteiger partial charge in [0.1, 0.15) is 17.6 Å². The van der Waals surface area contributed by atoms with Crippen molar-refractivity contribution in [3.63, 3.8) is 0 Å². The van der Waals surface area contributed by atoms with E-state index in [1.54, 1.807) is 0 Å². The fourth-order valence-corrected chi connectivity index (χ4v) is 4.63. The second-order valence-corrected chi connectivity index (χ2v) is 10.0. The van der Waals surface area contributed by atoms with E-state index in [4.69, 9.17) is 9.47 Å². The summed E-state index contributed by atoms with van der Waals surface area (Å²) in [5.74, 6) is 2.01. The second kappa shape index (κ2) is 11.1. The molecule has 0 saturated carbocycles. The van der Waals surface area contributed by atoms with Crippen molar-refractivity contribution in [3.05, 3.63) is 71.3 Å². The SMILES string of the molecule is CCC(CC(C)C)Oc1ccc2ccccc2c1C(C)NC(=O)c1cc(OC2CNC2)ccc1C. The maximum absolute atomic E-state index is 13.4. The van der Waals surface area contributed by atoms with E-state index >= 15 is 0 Å². The molecule has 0 bridgehead atoms. The number of nitrogens with one attached hydrogen (secondary N) is 2. The molecule has 4 rings (SSSR count). The highest BCUT2D eigenvalue weighted by Crippen LogP contribution is 2.35. The molecule has 5 heteroatoms. The van der Waals surface area contributed by atoms with Crippen LogP contribution in [0.3, 0.4) is 0 Å². The van der Waals surface area contributed by atoms with Crippen molar-refractivity contribution in [2.75, 3.05) is 13.1 Å². The van der Waals surface area contributed by atoms with Gasteiger partial charge in [-0.25, -0.2) is 0 Å². The molecule has 3 aromatic carbocycles. The average molecular weight is 475 g/mol. The summed E-state index contributed by atoms with van der Waals surface area (Å²) in [5, 5.41) is 8.68. The number of hydrogen-bond donors (Lipinski definition) is 2. The molecular formula is C30H38N2O3. The number of rotatable bonds is 10. The third-order valence-corrected chi connectivity index (χ3v) is 6.69. The van der Waals surface area contributed by atoms with Gasteiger partial charge in [0, 0.05) is 24.2 Å². The average Bonchev–Trinajstić information content (AvgIpc) is 2.81. The number of fused-ring (bicyclic) bond motifs is 1. The standard InChI is InChI=1S/C30H38N2O3/c1-6-23(15-19(2)3)35-28-14-12-22-9-7-8-10-26(22)29(28)21(5)32-30(33)27-16-24(13-11-20(27)4)34-25-17-31-18-25/h7-14,16,19,21,23,25,31H,6,15,17-18H2,1-5H3,(H,32,33). The lowest BCUT2D eigenvalue weighted by Gasteiger charge is -2.28. The summed E-state index contributed by atoms with van der Waals surface area (Å²) < 4.78 is 12.5. The highest BCUT2D eigenvalue weighted by Gasteiger charge is 2.23. The highest BCUT2D eigenvalue weighted by molar-refractivity contribution is 5.97. The lowest BCUT2D eigenvalue weighted by Crippen LogP contribution is -2.50. The number of hydrogen-bond acceptors (Lipinski definition) is 4. The van der Waals surface area contributed by atoms with Crippen LogP contribution in [0.4, 0.5) is 0 Å². The molecule has 1 aliphatic heterocycles. The maximum atomic E-state index is 13.4. The molecular weight excluding hydrogens is 436 g/mol. The first-order valence-corrected chi connectivity index (χ1v) is 12.8. The summed E-state index contributed by atoms with van der Waals surface area (Å²) in [6, 6.07) is 17.9. The van der Waals surface area contributed by atoms with Gasteiger partial charge >= 0.3 is 0 Å². The minimum absolute atomic E-state index is 0.111. The van der Waals surface area contributed by atoms with Crippen LogP contribution in [0.1, 0.15) is 68.1 Å². The van der Waals surface area contributed by atoms with Crippen molar-refractivity contribution in [2.45, 2.75) is 65.7 Å². The summed E-state index contributed by atoms with van der Waals surface area (Å²) >= 11 is 0. The van der Waals surface area contributed by atoms with Crippen molar-refractivity contribution in [1.29, 1.82) is 0 Å². The Morgan fingerprint density at radius 1 is 1.09 bits per heavy atom. The van der Waals surface area contributed by atoms with E-state index in [-0.39, 0.29) is 24.2 Å². The third kappa shape index (κ3) is 5.96. The predicted octanol–water partition coefficient (Wildman–Crippen LogP) is 6.19. The predicted molar refractivity (Wildman–Crippen MR) is 142 cm³/mol. The van der Waals surface area contributed by atoms with Crippen LogP contribution in [0.25, 0.3) is 10.8 Å². The molecule has 1 fully saturated rings. The van der Waals surface area contributed by atoms with E-state index in [9.17, 15) is 4.79 Å². The zero-order chi connectivity index (χ0) is 24.9. The fraction of sp³-hybridized carbons (Fsp3) is 0.433. The molecule has 1 aliphatic rings. The monoisotopic (exact) mass is 474 g/mol. The molecule has 0 radical (unpaired) electrons. The van der Waals surface area contributed by atoms with Gasteiger partial charge in [-0.3, -0.25) is 4.79 Å². The number of aryl methyl sites for hydroxylation is 1. The summed E-state index contributed by atoms with van der Waals surface area (Å²) in [6.07, 6.45) is 2.23. The van der Waals surface area contributed by atoms with Crippen LogP contribution in [0, 0.1) is 12.8 Å². The van der Waals surface area contributed by atoms with Gasteiger partial charge in [-0.1, -0.05) is 57.2 Å². The Morgan fingerprint density at radius 3 is 2.54 bits per heavy atom. The molecule has 0 aromatic heterocycles. The largest absolute Gasteiger partial charge is 0.490 e. The summed E-state index contributed by atoms with van der Waals surface area (Å²) in [5.41, 5.74) is 2.57. The zero-order valence-corrected chi connectivity index (χ0v) is 21.6. The lowest BCUT2D eigenvalue weighted by molar-refractivity contribution is 0.0936. The lowest BCUT2D eigenvalue weighted by atomic mass is 9.97. The van der Waals surface area contributed by atoms with E-state index in [0.29, 0.717) is 11.5 Å². The van der Waals surface area contributed by atoms with Crippen molar-refractivity contribution >= 4 is 16.7 Å². The zero-order valence-electron chi connectivity index (χ0n) is 21.6. The van der Waals surface area contributed by atoms with Gasteiger partial charge in [-0.15, -0.1) is 0 Å². The Hall–Kier alpha value is -3.05. The Kier molecular flexibility index (Phi) is 7.97. The normalized spacial score (nSPS) is 15.5. The van der Waals surface area contributed by atoms with Crippen LogP contribution >= 0.6 is 0 Å². The first kappa shape index (κ1) is 25.1. The van der Waals surface area contributed by atoms with Gasteiger partial charge in [-0.05, 0) is 67.1 Å². The van der Waals surface area contributed by atoms with Gasteiger partial charge in [-0.2, -0.15) is 0 Å². The third-order valence-electron chi connectivity index (χ3n) is 6.69. The first-order chi connectivity index (χ1) is 16.9. The summed E-state index contributed by atoms with van der Waals surface area (Å²) in [7, 11) is 0. The number of ether oxygens (including phenoxy) is 2. The van der Waals surface area contributed by atoms with E-state index < -0.39 is 0 Å². The smallest absolute Gasteiger partial charge is 0.252 e. The van der Waals surface area contributed by atoms with Gasteiger partial charge in [0.2, 0.25) is 0 Å². The van der Waals surface area contributed by atoms with Gasteiger partial charge < -0.3 is 20.1 Å². The summed E-state index contributed by atoms with van der Waals surface area (Å²) in [4.78, 5) is 13.4. The molecule has 186 valence electrons. The number of carbonyl (C=O) groups is 1. The molecule has 1 saturated heterocycles. The van der Waals surface area contributed by atoms with Crippen molar-refractivity contribution in [3.8, 4) is 11.5 Å². The molecule has 0 spiro atoms. The van der Waals surface area contributed by atoms with E-state index in [1.165, 1.54) is 0 Å². The van der Waals surface area contributed by atoms with Crippen molar-refractivity contribution < 1.29 is 14.3 Å². The van der Waals surface area contributed by atoms with Gasteiger partial charge in [0.15, 0.2) is 0 Å². The van der Waals surface area contributed by atoms with E-state index in [0.717, 1.165) is 59.3 Å². The highest BCUT2D eigenvalue weighted by atomic mass is 16.5. The van der Waals surface area contributed by atoms with Gasteiger partial charge in [0.05, 0.1) is 12.1 Å². The molecule has 3 aromatic rings. The fourth-order valence-electron chi connectivity index (χ4n) is 4.63. The number of benzene rings is 3. The second-order valence-electron chi connectivity index (χ2n) is 10.0. The van der Waals surface area contributed by atoms with E-state index in [1.807, 2.05) is 44.2 Å².